The minimum Gasteiger partial charge on any atom is -0.0955 e. The number of rotatable bonds is 3. The molecule has 0 bridgehead atoms. The maximum Gasteiger partial charge on any atom is -0.0172 e. The van der Waals surface area contributed by atoms with Gasteiger partial charge in [0.2, 0.25) is 0 Å². The lowest BCUT2D eigenvalue weighted by Crippen LogP contribution is -1.95. The third-order valence-electron chi connectivity index (χ3n) is 3.42. The molecule has 0 heteroatoms. The van der Waals surface area contributed by atoms with Gasteiger partial charge in [0.1, 0.15) is 0 Å². The standard InChI is InChI=1S/C18H24/c1-8-14(5)18(12(2)3)16(7)17-10-9-13(4)11-15(17)6/h8-11H,2H2,1,3-7H3/b14-8-,18-16+. The molecule has 1 rings (SSSR count). The fourth-order valence-corrected chi connectivity index (χ4v) is 2.47. The minimum absolute atomic E-state index is 1.13. The monoisotopic (exact) mass is 240 g/mol. The molecule has 0 aliphatic carbocycles. The SMILES string of the molecule is C=C(C)C(/C(C)=C\C)=C(/C)c1ccc(C)cc1C. The summed E-state index contributed by atoms with van der Waals surface area (Å²) in [5, 5.41) is 0. The maximum absolute atomic E-state index is 4.12. The molecule has 0 saturated heterocycles. The van der Waals surface area contributed by atoms with Crippen LogP contribution in [-0.2, 0) is 0 Å². The van der Waals surface area contributed by atoms with E-state index in [0.29, 0.717) is 0 Å². The van der Waals surface area contributed by atoms with Gasteiger partial charge in [0.15, 0.2) is 0 Å². The Kier molecular flexibility index (Phi) is 4.72. The van der Waals surface area contributed by atoms with E-state index in [-0.39, 0.29) is 0 Å². The molecule has 0 aromatic heterocycles. The van der Waals surface area contributed by atoms with Gasteiger partial charge in [-0.15, -0.1) is 0 Å². The van der Waals surface area contributed by atoms with E-state index < -0.39 is 0 Å². The van der Waals surface area contributed by atoms with Crippen molar-refractivity contribution in [3.8, 4) is 0 Å². The number of benzene rings is 1. The number of aryl methyl sites for hydroxylation is 2. The van der Waals surface area contributed by atoms with Crippen molar-refractivity contribution in [2.75, 3.05) is 0 Å². The molecule has 0 fully saturated rings. The molecule has 96 valence electrons. The molecule has 0 spiro atoms. The highest BCUT2D eigenvalue weighted by Gasteiger charge is 2.09. The van der Waals surface area contributed by atoms with Crippen LogP contribution in [0, 0.1) is 13.8 Å². The van der Waals surface area contributed by atoms with Gasteiger partial charge in [-0.05, 0) is 69.4 Å². The van der Waals surface area contributed by atoms with Crippen LogP contribution in [0.15, 0.2) is 47.6 Å². The first-order valence-corrected chi connectivity index (χ1v) is 6.46. The molecule has 0 heterocycles. The summed E-state index contributed by atoms with van der Waals surface area (Å²) in [6.45, 7) is 16.9. The number of hydrogen-bond donors (Lipinski definition) is 0. The average molecular weight is 240 g/mol. The molecular weight excluding hydrogens is 216 g/mol. The average Bonchev–Trinajstić information content (AvgIpc) is 2.28. The molecule has 0 aliphatic rings. The normalized spacial score (nSPS) is 13.3. The van der Waals surface area contributed by atoms with E-state index in [2.05, 4.69) is 72.4 Å². The van der Waals surface area contributed by atoms with Gasteiger partial charge in [-0.3, -0.25) is 0 Å². The van der Waals surface area contributed by atoms with Gasteiger partial charge < -0.3 is 0 Å². The van der Waals surface area contributed by atoms with Crippen molar-refractivity contribution in [2.45, 2.75) is 41.5 Å². The van der Waals surface area contributed by atoms with Gasteiger partial charge >= 0.3 is 0 Å². The van der Waals surface area contributed by atoms with Crippen molar-refractivity contribution < 1.29 is 0 Å². The van der Waals surface area contributed by atoms with Gasteiger partial charge in [-0.25, -0.2) is 0 Å². The molecule has 18 heavy (non-hydrogen) atoms. The van der Waals surface area contributed by atoms with Crippen LogP contribution >= 0.6 is 0 Å². The summed E-state index contributed by atoms with van der Waals surface area (Å²) in [4.78, 5) is 0. The molecule has 0 saturated carbocycles. The van der Waals surface area contributed by atoms with Crippen LogP contribution < -0.4 is 0 Å². The zero-order valence-electron chi connectivity index (χ0n) is 12.5. The quantitative estimate of drug-likeness (QED) is 0.601. The molecule has 0 radical (unpaired) electrons. The predicted octanol–water partition coefficient (Wildman–Crippen LogP) is 5.62. The molecule has 1 aromatic rings. The van der Waals surface area contributed by atoms with E-state index in [9.17, 15) is 0 Å². The topological polar surface area (TPSA) is 0 Å². The van der Waals surface area contributed by atoms with Crippen LogP contribution in [-0.4, -0.2) is 0 Å². The first-order chi connectivity index (χ1) is 8.38. The van der Waals surface area contributed by atoms with Crippen LogP contribution in [0.5, 0.6) is 0 Å². The van der Waals surface area contributed by atoms with E-state index in [1.54, 1.807) is 0 Å². The van der Waals surface area contributed by atoms with E-state index in [1.165, 1.54) is 33.4 Å². The third-order valence-corrected chi connectivity index (χ3v) is 3.42. The number of allylic oxidation sites excluding steroid dienone is 5. The predicted molar refractivity (Wildman–Crippen MR) is 82.8 cm³/mol. The van der Waals surface area contributed by atoms with E-state index in [0.717, 1.165) is 5.57 Å². The van der Waals surface area contributed by atoms with Gasteiger partial charge in [-0.1, -0.05) is 42.0 Å². The van der Waals surface area contributed by atoms with E-state index in [4.69, 9.17) is 0 Å². The minimum atomic E-state index is 1.13. The molecule has 0 atom stereocenters. The highest BCUT2D eigenvalue weighted by molar-refractivity contribution is 5.76. The highest BCUT2D eigenvalue weighted by Crippen LogP contribution is 2.30. The lowest BCUT2D eigenvalue weighted by Gasteiger charge is -2.15. The van der Waals surface area contributed by atoms with Crippen LogP contribution in [0.3, 0.4) is 0 Å². The van der Waals surface area contributed by atoms with Crippen LogP contribution in [0.1, 0.15) is 44.4 Å². The highest BCUT2D eigenvalue weighted by atomic mass is 14.1. The summed E-state index contributed by atoms with van der Waals surface area (Å²) < 4.78 is 0. The third kappa shape index (κ3) is 3.01. The molecule has 0 nitrogen and oxygen atoms in total. The largest absolute Gasteiger partial charge is 0.0955 e. The second kappa shape index (κ2) is 5.86. The Hall–Kier alpha value is -1.56. The fourth-order valence-electron chi connectivity index (χ4n) is 2.47. The second-order valence-corrected chi connectivity index (χ2v) is 5.07. The Labute approximate surface area is 112 Å². The zero-order chi connectivity index (χ0) is 13.9. The summed E-state index contributed by atoms with van der Waals surface area (Å²) in [7, 11) is 0. The van der Waals surface area contributed by atoms with Crippen molar-refractivity contribution in [3.05, 3.63) is 64.3 Å². The second-order valence-electron chi connectivity index (χ2n) is 5.07. The summed E-state index contributed by atoms with van der Waals surface area (Å²) in [6, 6.07) is 6.62. The van der Waals surface area contributed by atoms with Crippen molar-refractivity contribution >= 4 is 5.57 Å². The molecule has 0 aliphatic heterocycles. The molecule has 1 aromatic carbocycles. The summed E-state index contributed by atoms with van der Waals surface area (Å²) in [6.07, 6.45) is 2.15. The lowest BCUT2D eigenvalue weighted by atomic mass is 9.89. The number of hydrogen-bond acceptors (Lipinski definition) is 0. The zero-order valence-corrected chi connectivity index (χ0v) is 12.5. The lowest BCUT2D eigenvalue weighted by molar-refractivity contribution is 1.28. The van der Waals surface area contributed by atoms with Crippen molar-refractivity contribution in [3.63, 3.8) is 0 Å². The Balaban J connectivity index is 3.48. The summed E-state index contributed by atoms with van der Waals surface area (Å²) in [5.41, 5.74) is 8.97. The molecular formula is C18H24. The first kappa shape index (κ1) is 14.5. The first-order valence-electron chi connectivity index (χ1n) is 6.46. The van der Waals surface area contributed by atoms with Gasteiger partial charge in [0.05, 0.1) is 0 Å². The Bertz CT molecular complexity index is 525. The molecule has 0 amide bonds. The summed E-state index contributed by atoms with van der Waals surface area (Å²) in [5.74, 6) is 0. The smallest absolute Gasteiger partial charge is 0.0172 e. The van der Waals surface area contributed by atoms with Crippen molar-refractivity contribution in [1.82, 2.24) is 0 Å². The fraction of sp³-hybridized carbons (Fsp3) is 0.333. The Morgan fingerprint density at radius 1 is 1.11 bits per heavy atom. The van der Waals surface area contributed by atoms with E-state index in [1.807, 2.05) is 0 Å². The Morgan fingerprint density at radius 3 is 2.17 bits per heavy atom. The van der Waals surface area contributed by atoms with Gasteiger partial charge in [-0.2, -0.15) is 0 Å². The van der Waals surface area contributed by atoms with Crippen molar-refractivity contribution in [1.29, 1.82) is 0 Å². The molecule has 0 unspecified atom stereocenters. The van der Waals surface area contributed by atoms with Gasteiger partial charge in [0.25, 0.3) is 0 Å². The van der Waals surface area contributed by atoms with Crippen LogP contribution in [0.4, 0.5) is 0 Å². The Morgan fingerprint density at radius 2 is 1.72 bits per heavy atom. The summed E-state index contributed by atoms with van der Waals surface area (Å²) >= 11 is 0. The van der Waals surface area contributed by atoms with Crippen LogP contribution in [0.25, 0.3) is 5.57 Å². The van der Waals surface area contributed by atoms with E-state index >= 15 is 0 Å². The van der Waals surface area contributed by atoms with Gasteiger partial charge in [0, 0.05) is 0 Å². The van der Waals surface area contributed by atoms with Crippen molar-refractivity contribution in [2.24, 2.45) is 0 Å². The van der Waals surface area contributed by atoms with Crippen LogP contribution in [0.2, 0.25) is 0 Å². The maximum atomic E-state index is 4.12. The molecule has 0 N–H and O–H groups in total.